The molecule has 2 atom stereocenters. The number of aromatic nitrogens is 1. The van der Waals surface area contributed by atoms with Crippen LogP contribution in [0.2, 0.25) is 0 Å². The molecule has 18 heavy (non-hydrogen) atoms. The lowest BCUT2D eigenvalue weighted by molar-refractivity contribution is 0.476. The summed E-state index contributed by atoms with van der Waals surface area (Å²) in [5, 5.41) is 14.9. The van der Waals surface area contributed by atoms with E-state index in [1.54, 1.807) is 18.3 Å². The van der Waals surface area contributed by atoms with E-state index in [1.165, 1.54) is 0 Å². The molecular weight excluding hydrogens is 226 g/mol. The summed E-state index contributed by atoms with van der Waals surface area (Å²) in [6.45, 7) is 4.06. The van der Waals surface area contributed by atoms with Gasteiger partial charge in [0.1, 0.15) is 11.6 Å². The second kappa shape index (κ2) is 5.23. The van der Waals surface area contributed by atoms with Crippen molar-refractivity contribution in [3.8, 4) is 5.75 Å². The average molecular weight is 245 g/mol. The van der Waals surface area contributed by atoms with Crippen LogP contribution in [-0.2, 0) is 0 Å². The molecule has 0 aliphatic rings. The lowest BCUT2D eigenvalue weighted by Gasteiger charge is -2.17. The minimum atomic E-state index is 0.149. The number of nitrogens with two attached hydrogens (primary N) is 1. The summed E-state index contributed by atoms with van der Waals surface area (Å²) >= 11 is 0. The monoisotopic (exact) mass is 245 g/mol. The number of anilines is 1. The van der Waals surface area contributed by atoms with E-state index in [0.717, 1.165) is 23.0 Å². The van der Waals surface area contributed by atoms with Gasteiger partial charge in [0.05, 0.1) is 0 Å². The Kier molecular flexibility index (Phi) is 3.67. The molecule has 0 bridgehead atoms. The fourth-order valence-electron chi connectivity index (χ4n) is 2.12. The average Bonchev–Trinajstić information content (AvgIpc) is 2.28. The normalized spacial score (nSPS) is 14.4. The Morgan fingerprint density at radius 1 is 1.33 bits per heavy atom. The van der Waals surface area contributed by atoms with Gasteiger partial charge in [-0.2, -0.15) is 0 Å². The van der Waals surface area contributed by atoms with Gasteiger partial charge in [0.25, 0.3) is 0 Å². The molecule has 2 unspecified atom stereocenters. The van der Waals surface area contributed by atoms with Crippen LogP contribution in [0.4, 0.5) is 5.82 Å². The van der Waals surface area contributed by atoms with Crippen LogP contribution in [0.5, 0.6) is 5.75 Å². The third-order valence-corrected chi connectivity index (χ3v) is 2.86. The molecule has 0 amide bonds. The molecule has 4 N–H and O–H groups in total. The second-order valence-corrected chi connectivity index (χ2v) is 4.82. The van der Waals surface area contributed by atoms with Gasteiger partial charge in [-0.1, -0.05) is 6.07 Å². The van der Waals surface area contributed by atoms with Crippen molar-refractivity contribution in [1.82, 2.24) is 4.98 Å². The van der Waals surface area contributed by atoms with Crippen molar-refractivity contribution < 1.29 is 5.11 Å². The van der Waals surface area contributed by atoms with Gasteiger partial charge in [0.15, 0.2) is 0 Å². The molecular formula is C14H19N3O. The topological polar surface area (TPSA) is 71.2 Å². The van der Waals surface area contributed by atoms with Gasteiger partial charge in [0.2, 0.25) is 0 Å². The summed E-state index contributed by atoms with van der Waals surface area (Å²) in [6, 6.07) is 7.60. The maximum Gasteiger partial charge on any atom is 0.134 e. The summed E-state index contributed by atoms with van der Waals surface area (Å²) in [4.78, 5) is 4.33. The van der Waals surface area contributed by atoms with Crippen LogP contribution in [0.25, 0.3) is 10.8 Å². The lowest BCUT2D eigenvalue weighted by Crippen LogP contribution is -2.26. The SMILES string of the molecule is CC(N)CC(C)Nc1nccc2ccc(O)cc12. The van der Waals surface area contributed by atoms with Crippen molar-refractivity contribution in [2.45, 2.75) is 32.4 Å². The highest BCUT2D eigenvalue weighted by atomic mass is 16.3. The van der Waals surface area contributed by atoms with Crippen molar-refractivity contribution in [2.24, 2.45) is 5.73 Å². The predicted molar refractivity (Wildman–Crippen MR) is 74.8 cm³/mol. The molecule has 0 aliphatic heterocycles. The molecule has 1 heterocycles. The zero-order valence-electron chi connectivity index (χ0n) is 10.7. The number of phenols is 1. The van der Waals surface area contributed by atoms with Gasteiger partial charge in [-0.15, -0.1) is 0 Å². The molecule has 1 aromatic carbocycles. The first-order valence-corrected chi connectivity index (χ1v) is 6.16. The van der Waals surface area contributed by atoms with Crippen LogP contribution in [0, 0.1) is 0 Å². The van der Waals surface area contributed by atoms with Crippen molar-refractivity contribution in [2.75, 3.05) is 5.32 Å². The molecule has 0 radical (unpaired) electrons. The minimum absolute atomic E-state index is 0.149. The van der Waals surface area contributed by atoms with Crippen LogP contribution in [0.15, 0.2) is 30.5 Å². The second-order valence-electron chi connectivity index (χ2n) is 4.82. The Labute approximate surface area is 107 Å². The fourth-order valence-corrected chi connectivity index (χ4v) is 2.12. The zero-order valence-corrected chi connectivity index (χ0v) is 10.7. The maximum atomic E-state index is 9.56. The van der Waals surface area contributed by atoms with Crippen LogP contribution in [0.1, 0.15) is 20.3 Å². The minimum Gasteiger partial charge on any atom is -0.508 e. The summed E-state index contributed by atoms with van der Waals surface area (Å²) in [6.07, 6.45) is 2.64. The Hall–Kier alpha value is -1.81. The first kappa shape index (κ1) is 12.6. The van der Waals surface area contributed by atoms with Crippen molar-refractivity contribution >= 4 is 16.6 Å². The molecule has 2 rings (SSSR count). The number of rotatable bonds is 4. The predicted octanol–water partition coefficient (Wildman–Crippen LogP) is 2.48. The summed E-state index contributed by atoms with van der Waals surface area (Å²) in [5.74, 6) is 1.04. The van der Waals surface area contributed by atoms with E-state index in [-0.39, 0.29) is 17.8 Å². The first-order valence-electron chi connectivity index (χ1n) is 6.16. The smallest absolute Gasteiger partial charge is 0.134 e. The fraction of sp³-hybridized carbons (Fsp3) is 0.357. The standard InChI is InChI=1S/C14H19N3O/c1-9(15)7-10(2)17-14-13-8-12(18)4-3-11(13)5-6-16-14/h3-6,8-10,18H,7,15H2,1-2H3,(H,16,17). The molecule has 4 heteroatoms. The van der Waals surface area contributed by atoms with Gasteiger partial charge >= 0.3 is 0 Å². The number of aromatic hydroxyl groups is 1. The number of phenolic OH excluding ortho intramolecular Hbond substituents is 1. The number of hydrogen-bond donors (Lipinski definition) is 3. The van der Waals surface area contributed by atoms with E-state index in [4.69, 9.17) is 5.73 Å². The number of fused-ring (bicyclic) bond motifs is 1. The highest BCUT2D eigenvalue weighted by molar-refractivity contribution is 5.92. The number of hydrogen-bond acceptors (Lipinski definition) is 4. The third-order valence-electron chi connectivity index (χ3n) is 2.86. The molecule has 0 fully saturated rings. The highest BCUT2D eigenvalue weighted by Gasteiger charge is 2.08. The number of nitrogens with zero attached hydrogens (tertiary/aromatic N) is 1. The van der Waals surface area contributed by atoms with E-state index in [9.17, 15) is 5.11 Å². The number of nitrogens with one attached hydrogen (secondary N) is 1. The molecule has 0 spiro atoms. The quantitative estimate of drug-likeness (QED) is 0.774. The molecule has 1 aromatic heterocycles. The molecule has 96 valence electrons. The maximum absolute atomic E-state index is 9.56. The molecule has 4 nitrogen and oxygen atoms in total. The van der Waals surface area contributed by atoms with E-state index in [2.05, 4.69) is 17.2 Å². The van der Waals surface area contributed by atoms with Crippen molar-refractivity contribution in [3.63, 3.8) is 0 Å². The summed E-state index contributed by atoms with van der Waals surface area (Å²) in [5.41, 5.74) is 5.78. The van der Waals surface area contributed by atoms with Gasteiger partial charge in [0, 0.05) is 23.7 Å². The van der Waals surface area contributed by atoms with E-state index in [1.807, 2.05) is 19.1 Å². The molecule has 0 saturated heterocycles. The third kappa shape index (κ3) is 2.90. The summed E-state index contributed by atoms with van der Waals surface area (Å²) < 4.78 is 0. The van der Waals surface area contributed by atoms with Gasteiger partial charge < -0.3 is 16.2 Å². The Balaban J connectivity index is 2.30. The van der Waals surface area contributed by atoms with E-state index < -0.39 is 0 Å². The highest BCUT2D eigenvalue weighted by Crippen LogP contribution is 2.25. The molecule has 0 aliphatic carbocycles. The van der Waals surface area contributed by atoms with Crippen LogP contribution < -0.4 is 11.1 Å². The first-order chi connectivity index (χ1) is 8.56. The Bertz CT molecular complexity index is 540. The summed E-state index contributed by atoms with van der Waals surface area (Å²) in [7, 11) is 0. The lowest BCUT2D eigenvalue weighted by atomic mass is 10.1. The molecule has 2 aromatic rings. The van der Waals surface area contributed by atoms with Gasteiger partial charge in [-0.25, -0.2) is 4.98 Å². The van der Waals surface area contributed by atoms with Crippen LogP contribution in [0.3, 0.4) is 0 Å². The van der Waals surface area contributed by atoms with Crippen LogP contribution in [-0.4, -0.2) is 22.2 Å². The molecule has 0 saturated carbocycles. The van der Waals surface area contributed by atoms with Gasteiger partial charge in [-0.3, -0.25) is 0 Å². The van der Waals surface area contributed by atoms with Crippen LogP contribution >= 0.6 is 0 Å². The zero-order chi connectivity index (χ0) is 13.1. The van der Waals surface area contributed by atoms with Crippen molar-refractivity contribution in [1.29, 1.82) is 0 Å². The largest absolute Gasteiger partial charge is 0.508 e. The number of benzene rings is 1. The van der Waals surface area contributed by atoms with E-state index >= 15 is 0 Å². The Morgan fingerprint density at radius 2 is 2.11 bits per heavy atom. The van der Waals surface area contributed by atoms with E-state index in [0.29, 0.717) is 0 Å². The van der Waals surface area contributed by atoms with Crippen molar-refractivity contribution in [3.05, 3.63) is 30.5 Å². The van der Waals surface area contributed by atoms with Gasteiger partial charge in [-0.05, 0) is 43.9 Å². The number of pyridine rings is 1. The Morgan fingerprint density at radius 3 is 2.83 bits per heavy atom.